The highest BCUT2D eigenvalue weighted by Gasteiger charge is 2.47. The normalized spacial score (nSPS) is 18.5. The van der Waals surface area contributed by atoms with Crippen molar-refractivity contribution in [3.63, 3.8) is 0 Å². The number of amides is 3. The van der Waals surface area contributed by atoms with Gasteiger partial charge in [-0.1, -0.05) is 42.5 Å². The van der Waals surface area contributed by atoms with Crippen molar-refractivity contribution in [3.05, 3.63) is 65.7 Å². The van der Waals surface area contributed by atoms with Crippen molar-refractivity contribution in [3.8, 4) is 0 Å². The van der Waals surface area contributed by atoms with E-state index in [1.807, 2.05) is 44.2 Å². The van der Waals surface area contributed by atoms with Gasteiger partial charge in [-0.25, -0.2) is 4.79 Å². The van der Waals surface area contributed by atoms with E-state index in [1.54, 1.807) is 24.3 Å². The minimum absolute atomic E-state index is 0.0698. The molecule has 0 saturated carbocycles. The largest absolute Gasteiger partial charge is 0.438 e. The Morgan fingerprint density at radius 1 is 1.07 bits per heavy atom. The van der Waals surface area contributed by atoms with E-state index in [4.69, 9.17) is 4.74 Å². The van der Waals surface area contributed by atoms with Crippen molar-refractivity contribution in [2.45, 2.75) is 45.5 Å². The number of cyclic esters (lactones) is 1. The summed E-state index contributed by atoms with van der Waals surface area (Å²) in [7, 11) is 0. The third kappa shape index (κ3) is 4.93. The van der Waals surface area contributed by atoms with E-state index in [9.17, 15) is 14.4 Å². The molecular weight excluding hydrogens is 370 g/mol. The van der Waals surface area contributed by atoms with Crippen LogP contribution in [0.25, 0.3) is 0 Å². The smallest absolute Gasteiger partial charge is 0.411 e. The number of ether oxygens (including phenoxy) is 1. The number of carbonyl (C=O) groups is 3. The summed E-state index contributed by atoms with van der Waals surface area (Å²) in [5, 5.41) is 5.58. The lowest BCUT2D eigenvalue weighted by Crippen LogP contribution is -2.48. The molecule has 0 bridgehead atoms. The van der Waals surface area contributed by atoms with Gasteiger partial charge in [-0.2, -0.15) is 0 Å². The molecule has 2 unspecified atom stereocenters. The first-order valence-corrected chi connectivity index (χ1v) is 9.54. The lowest BCUT2D eigenvalue weighted by atomic mass is 10.00. The molecule has 2 aromatic rings. The maximum atomic E-state index is 13.0. The highest BCUT2D eigenvalue weighted by molar-refractivity contribution is 5.90. The van der Waals surface area contributed by atoms with Crippen LogP contribution >= 0.6 is 0 Å². The quantitative estimate of drug-likeness (QED) is 0.786. The van der Waals surface area contributed by atoms with Gasteiger partial charge in [0, 0.05) is 18.7 Å². The highest BCUT2D eigenvalue weighted by atomic mass is 16.6. The first-order valence-electron chi connectivity index (χ1n) is 9.54. The van der Waals surface area contributed by atoms with Crippen LogP contribution in [0.15, 0.2) is 54.6 Å². The first kappa shape index (κ1) is 20.4. The molecule has 29 heavy (non-hydrogen) atoms. The Morgan fingerprint density at radius 3 is 2.31 bits per heavy atom. The highest BCUT2D eigenvalue weighted by Crippen LogP contribution is 2.34. The molecule has 1 aliphatic heterocycles. The predicted molar refractivity (Wildman–Crippen MR) is 109 cm³/mol. The zero-order valence-corrected chi connectivity index (χ0v) is 16.7. The van der Waals surface area contributed by atoms with Gasteiger partial charge in [0.25, 0.3) is 0 Å². The zero-order chi connectivity index (χ0) is 21.0. The fourth-order valence-corrected chi connectivity index (χ4v) is 3.32. The van der Waals surface area contributed by atoms with Crippen molar-refractivity contribution in [1.29, 1.82) is 0 Å². The summed E-state index contributed by atoms with van der Waals surface area (Å²) in [5.41, 5.74) is 2.23. The maximum absolute atomic E-state index is 13.0. The molecule has 0 radical (unpaired) electrons. The van der Waals surface area contributed by atoms with Crippen molar-refractivity contribution in [2.75, 3.05) is 5.32 Å². The Bertz CT molecular complexity index is 881. The Labute approximate surface area is 170 Å². The van der Waals surface area contributed by atoms with Gasteiger partial charge in [0.2, 0.25) is 11.8 Å². The van der Waals surface area contributed by atoms with Crippen LogP contribution < -0.4 is 10.6 Å². The second-order valence-corrected chi connectivity index (χ2v) is 7.33. The molecular formula is C22H25N3O4. The molecule has 0 aromatic heterocycles. The maximum Gasteiger partial charge on any atom is 0.411 e. The number of benzene rings is 2. The molecule has 7 nitrogen and oxygen atoms in total. The van der Waals surface area contributed by atoms with Crippen molar-refractivity contribution >= 4 is 23.6 Å². The van der Waals surface area contributed by atoms with Crippen molar-refractivity contribution in [2.24, 2.45) is 0 Å². The van der Waals surface area contributed by atoms with Gasteiger partial charge in [-0.15, -0.1) is 0 Å². The summed E-state index contributed by atoms with van der Waals surface area (Å²) in [6, 6.07) is 15.6. The van der Waals surface area contributed by atoms with Crippen molar-refractivity contribution < 1.29 is 19.1 Å². The molecule has 1 aliphatic rings. The van der Waals surface area contributed by atoms with Crippen LogP contribution in [0.1, 0.15) is 38.0 Å². The fraction of sp³-hybridized carbons (Fsp3) is 0.318. The SMILES string of the molecule is CC(=O)Nc1ccc(C2OC(=O)N(Cc3ccccc3)C2C(=O)NC(C)C)cc1. The van der Waals surface area contributed by atoms with Crippen molar-refractivity contribution in [1.82, 2.24) is 10.2 Å². The number of nitrogens with one attached hydrogen (secondary N) is 2. The second-order valence-electron chi connectivity index (χ2n) is 7.33. The molecule has 1 saturated heterocycles. The van der Waals surface area contributed by atoms with Crippen LogP contribution in [0.4, 0.5) is 10.5 Å². The average Bonchev–Trinajstić information content (AvgIpc) is 2.98. The summed E-state index contributed by atoms with van der Waals surface area (Å²) in [6.07, 6.45) is -1.27. The van der Waals surface area contributed by atoms with Gasteiger partial charge in [0.05, 0.1) is 6.54 Å². The van der Waals surface area contributed by atoms with E-state index in [0.717, 1.165) is 5.56 Å². The predicted octanol–water partition coefficient (Wildman–Crippen LogP) is 3.23. The summed E-state index contributed by atoms with van der Waals surface area (Å²) in [4.78, 5) is 38.3. The molecule has 2 aromatic carbocycles. The second kappa shape index (κ2) is 8.77. The Hall–Kier alpha value is -3.35. The van der Waals surface area contributed by atoms with Gasteiger partial charge in [-0.3, -0.25) is 14.5 Å². The molecule has 2 atom stereocenters. The number of hydrogen-bond donors (Lipinski definition) is 2. The summed E-state index contributed by atoms with van der Waals surface area (Å²) in [5.74, 6) is -0.439. The topological polar surface area (TPSA) is 87.7 Å². The van der Waals surface area contributed by atoms with Gasteiger partial charge in [0.15, 0.2) is 12.1 Å². The molecule has 1 fully saturated rings. The van der Waals surface area contributed by atoms with Crippen LogP contribution in [0.3, 0.4) is 0 Å². The van der Waals surface area contributed by atoms with E-state index >= 15 is 0 Å². The number of hydrogen-bond acceptors (Lipinski definition) is 4. The van der Waals surface area contributed by atoms with E-state index in [-0.39, 0.29) is 24.4 Å². The van der Waals surface area contributed by atoms with E-state index in [2.05, 4.69) is 10.6 Å². The molecule has 0 aliphatic carbocycles. The summed E-state index contributed by atoms with van der Waals surface area (Å²) >= 11 is 0. The minimum atomic E-state index is -0.795. The molecule has 152 valence electrons. The van der Waals surface area contributed by atoms with E-state index < -0.39 is 18.2 Å². The fourth-order valence-electron chi connectivity index (χ4n) is 3.32. The van der Waals surface area contributed by atoms with Crippen LogP contribution in [0, 0.1) is 0 Å². The number of nitrogens with zero attached hydrogens (tertiary/aromatic N) is 1. The van der Waals surface area contributed by atoms with Crippen LogP contribution in [0.5, 0.6) is 0 Å². The van der Waals surface area contributed by atoms with Gasteiger partial charge in [0.1, 0.15) is 0 Å². The molecule has 3 rings (SSSR count). The summed E-state index contributed by atoms with van der Waals surface area (Å²) < 4.78 is 5.61. The Morgan fingerprint density at radius 2 is 1.72 bits per heavy atom. The Balaban J connectivity index is 1.89. The van der Waals surface area contributed by atoms with E-state index in [0.29, 0.717) is 11.3 Å². The van der Waals surface area contributed by atoms with Gasteiger partial charge < -0.3 is 15.4 Å². The molecule has 1 heterocycles. The van der Waals surface area contributed by atoms with E-state index in [1.165, 1.54) is 11.8 Å². The molecule has 7 heteroatoms. The van der Waals surface area contributed by atoms with Crippen LogP contribution in [0.2, 0.25) is 0 Å². The summed E-state index contributed by atoms with van der Waals surface area (Å²) in [6.45, 7) is 5.44. The minimum Gasteiger partial charge on any atom is -0.438 e. The number of anilines is 1. The molecule has 3 amide bonds. The van der Waals surface area contributed by atoms with Gasteiger partial charge in [-0.05, 0) is 37.1 Å². The lowest BCUT2D eigenvalue weighted by Gasteiger charge is -2.25. The molecule has 0 spiro atoms. The lowest BCUT2D eigenvalue weighted by molar-refractivity contribution is -0.126. The molecule has 2 N–H and O–H groups in total. The first-order chi connectivity index (χ1) is 13.8. The number of rotatable bonds is 6. The standard InChI is InChI=1S/C22H25N3O4/c1-14(2)23-21(27)19-20(17-9-11-18(12-10-17)24-15(3)26)29-22(28)25(19)13-16-7-5-4-6-8-16/h4-12,14,19-20H,13H2,1-3H3,(H,23,27)(H,24,26). The van der Waals surface area contributed by atoms with Crippen LogP contribution in [-0.2, 0) is 20.9 Å². The zero-order valence-electron chi connectivity index (χ0n) is 16.7. The van der Waals surface area contributed by atoms with Crippen LogP contribution in [-0.4, -0.2) is 34.9 Å². The third-order valence-electron chi connectivity index (χ3n) is 4.54. The monoisotopic (exact) mass is 395 g/mol. The third-order valence-corrected chi connectivity index (χ3v) is 4.54. The number of carbonyl (C=O) groups excluding carboxylic acids is 3. The average molecular weight is 395 g/mol. The van der Waals surface area contributed by atoms with Gasteiger partial charge >= 0.3 is 6.09 Å². The Kier molecular flexibility index (Phi) is 6.16.